The second-order valence-electron chi connectivity index (χ2n) is 9.19. The number of benzene rings is 1. The van der Waals surface area contributed by atoms with E-state index in [1.807, 2.05) is 18.3 Å². The van der Waals surface area contributed by atoms with Gasteiger partial charge in [-0.25, -0.2) is 0 Å². The number of carbonyl (C=O) groups excluding carboxylic acids is 1. The summed E-state index contributed by atoms with van der Waals surface area (Å²) < 4.78 is 13.6. The van der Waals surface area contributed by atoms with E-state index >= 15 is 0 Å². The molecule has 2 unspecified atom stereocenters. The van der Waals surface area contributed by atoms with E-state index in [0.717, 1.165) is 68.3 Å². The van der Waals surface area contributed by atoms with Gasteiger partial charge >= 0.3 is 0 Å². The number of carbonyl (C=O) groups is 1. The number of hydrogen-bond acceptors (Lipinski definition) is 6. The first-order valence-corrected chi connectivity index (χ1v) is 11.3. The number of aromatic nitrogens is 3. The molecule has 166 valence electrons. The number of rotatable bonds is 1. The first-order valence-electron chi connectivity index (χ1n) is 11.3. The van der Waals surface area contributed by atoms with Gasteiger partial charge in [-0.05, 0) is 38.3 Å². The summed E-state index contributed by atoms with van der Waals surface area (Å²) in [5.74, 6) is 1.80. The number of hydrogen-bond donors (Lipinski definition) is 0. The van der Waals surface area contributed by atoms with Crippen molar-refractivity contribution in [2.45, 2.75) is 51.8 Å². The summed E-state index contributed by atoms with van der Waals surface area (Å²) in [4.78, 5) is 17.4. The summed E-state index contributed by atoms with van der Waals surface area (Å²) in [6, 6.07) is 6.08. The summed E-state index contributed by atoms with van der Waals surface area (Å²) in [7, 11) is 1.68. The summed E-state index contributed by atoms with van der Waals surface area (Å²) in [6.07, 6.45) is 6.71. The van der Waals surface area contributed by atoms with Crippen LogP contribution in [0.4, 0.5) is 0 Å². The molecule has 8 nitrogen and oxygen atoms in total. The van der Waals surface area contributed by atoms with Crippen molar-refractivity contribution in [3.8, 4) is 11.5 Å². The summed E-state index contributed by atoms with van der Waals surface area (Å²) in [5.41, 5.74) is 2.12. The third-order valence-corrected chi connectivity index (χ3v) is 6.93. The van der Waals surface area contributed by atoms with Gasteiger partial charge in [0, 0.05) is 50.1 Å². The number of amides is 1. The SMILES string of the molecule is COc1cccc2c1OCc1cn(nn1)CCCC(=O)N1CCC3(CCCN(C2)C3)C1. The van der Waals surface area contributed by atoms with Crippen LogP contribution in [0.1, 0.15) is 43.4 Å². The molecule has 31 heavy (non-hydrogen) atoms. The Kier molecular flexibility index (Phi) is 5.56. The topological polar surface area (TPSA) is 72.7 Å². The number of methoxy groups -OCH3 is 1. The maximum absolute atomic E-state index is 12.8. The maximum atomic E-state index is 12.8. The van der Waals surface area contributed by atoms with E-state index < -0.39 is 0 Å². The number of para-hydroxylation sites is 1. The summed E-state index contributed by atoms with van der Waals surface area (Å²) in [6.45, 7) is 5.70. The average molecular weight is 426 g/mol. The predicted molar refractivity (Wildman–Crippen MR) is 115 cm³/mol. The first kappa shape index (κ1) is 20.3. The minimum atomic E-state index is 0.224. The van der Waals surface area contributed by atoms with Crippen LogP contribution < -0.4 is 9.47 Å². The van der Waals surface area contributed by atoms with Crippen molar-refractivity contribution in [2.24, 2.45) is 5.41 Å². The molecule has 5 bridgehead atoms. The zero-order valence-electron chi connectivity index (χ0n) is 18.3. The second kappa shape index (κ2) is 8.49. The lowest BCUT2D eigenvalue weighted by Crippen LogP contribution is -2.45. The zero-order valence-corrected chi connectivity index (χ0v) is 18.3. The molecule has 2 saturated heterocycles. The Balaban J connectivity index is 1.45. The fraction of sp³-hybridized carbons (Fsp3) is 0.609. The van der Waals surface area contributed by atoms with E-state index in [2.05, 4.69) is 26.2 Å². The molecule has 1 aromatic carbocycles. The summed E-state index contributed by atoms with van der Waals surface area (Å²) >= 11 is 0. The van der Waals surface area contributed by atoms with Crippen LogP contribution in [-0.4, -0.2) is 64.0 Å². The van der Waals surface area contributed by atoms with E-state index in [-0.39, 0.29) is 11.3 Å². The molecular formula is C23H31N5O3. The van der Waals surface area contributed by atoms with Crippen molar-refractivity contribution >= 4 is 5.91 Å². The highest BCUT2D eigenvalue weighted by Gasteiger charge is 2.42. The van der Waals surface area contributed by atoms with Crippen molar-refractivity contribution in [1.82, 2.24) is 24.8 Å². The molecule has 2 aromatic rings. The van der Waals surface area contributed by atoms with Crippen molar-refractivity contribution in [3.63, 3.8) is 0 Å². The Morgan fingerprint density at radius 1 is 1.13 bits per heavy atom. The quantitative estimate of drug-likeness (QED) is 0.699. The van der Waals surface area contributed by atoms with Crippen LogP contribution in [0, 0.1) is 5.41 Å². The van der Waals surface area contributed by atoms with Crippen molar-refractivity contribution in [3.05, 3.63) is 35.7 Å². The van der Waals surface area contributed by atoms with E-state index in [1.165, 1.54) is 12.8 Å². The normalized spacial score (nSPS) is 26.7. The van der Waals surface area contributed by atoms with Crippen LogP contribution >= 0.6 is 0 Å². The molecule has 0 aliphatic carbocycles. The third-order valence-electron chi connectivity index (χ3n) is 6.93. The number of fused-ring (bicyclic) bond motifs is 5. The number of piperidine rings is 1. The number of nitrogens with zero attached hydrogens (tertiary/aromatic N) is 5. The van der Waals surface area contributed by atoms with Gasteiger partial charge in [-0.2, -0.15) is 0 Å². The molecule has 5 rings (SSSR count). The monoisotopic (exact) mass is 425 g/mol. The number of ether oxygens (including phenoxy) is 2. The lowest BCUT2D eigenvalue weighted by atomic mass is 9.79. The maximum Gasteiger partial charge on any atom is 0.222 e. The highest BCUT2D eigenvalue weighted by Crippen LogP contribution is 2.41. The second-order valence-corrected chi connectivity index (χ2v) is 9.19. The largest absolute Gasteiger partial charge is 0.493 e. The molecule has 0 saturated carbocycles. The predicted octanol–water partition coefficient (Wildman–Crippen LogP) is 2.47. The Labute approximate surface area is 183 Å². The van der Waals surface area contributed by atoms with Gasteiger partial charge < -0.3 is 14.4 Å². The zero-order chi connectivity index (χ0) is 21.3. The van der Waals surface area contributed by atoms with Gasteiger partial charge in [0.1, 0.15) is 12.3 Å². The number of aryl methyl sites for hydroxylation is 1. The van der Waals surface area contributed by atoms with Gasteiger partial charge in [-0.3, -0.25) is 14.4 Å². The van der Waals surface area contributed by atoms with Crippen LogP contribution in [0.15, 0.2) is 24.4 Å². The third kappa shape index (κ3) is 4.26. The van der Waals surface area contributed by atoms with Crippen LogP contribution in [0.3, 0.4) is 0 Å². The molecule has 3 aliphatic heterocycles. The van der Waals surface area contributed by atoms with E-state index in [9.17, 15) is 4.79 Å². The Hall–Kier alpha value is -2.61. The molecule has 8 heteroatoms. The first-order chi connectivity index (χ1) is 15.1. The highest BCUT2D eigenvalue weighted by atomic mass is 16.5. The van der Waals surface area contributed by atoms with Crippen LogP contribution in [0.25, 0.3) is 0 Å². The van der Waals surface area contributed by atoms with E-state index in [0.29, 0.717) is 19.6 Å². The van der Waals surface area contributed by atoms with Gasteiger partial charge in [0.2, 0.25) is 5.91 Å². The molecular weight excluding hydrogens is 394 g/mol. The van der Waals surface area contributed by atoms with Crippen molar-refractivity contribution in [1.29, 1.82) is 0 Å². The van der Waals surface area contributed by atoms with E-state index in [4.69, 9.17) is 9.47 Å². The standard InChI is InChI=1S/C23H31N5O3/c1-30-20-6-2-5-18-13-26-10-4-8-23(16-26)9-12-27(17-23)21(29)7-3-11-28-14-19(24-25-28)15-31-22(18)20/h2,5-6,14H,3-4,7-13,15-17H2,1H3. The molecule has 3 aliphatic rings. The van der Waals surface area contributed by atoms with Gasteiger partial charge in [0.15, 0.2) is 11.5 Å². The Morgan fingerprint density at radius 2 is 2.06 bits per heavy atom. The average Bonchev–Trinajstić information content (AvgIpc) is 3.39. The minimum Gasteiger partial charge on any atom is -0.493 e. The molecule has 0 radical (unpaired) electrons. The Morgan fingerprint density at radius 3 is 2.97 bits per heavy atom. The summed E-state index contributed by atoms with van der Waals surface area (Å²) in [5, 5.41) is 8.44. The van der Waals surface area contributed by atoms with Crippen molar-refractivity contribution in [2.75, 3.05) is 33.3 Å². The molecule has 2 fully saturated rings. The molecule has 0 N–H and O–H groups in total. The van der Waals surface area contributed by atoms with Crippen molar-refractivity contribution < 1.29 is 14.3 Å². The van der Waals surface area contributed by atoms with Crippen LogP contribution in [0.5, 0.6) is 11.5 Å². The lowest BCUT2D eigenvalue weighted by Gasteiger charge is -2.40. The Bertz CT molecular complexity index is 945. The fourth-order valence-corrected chi connectivity index (χ4v) is 5.39. The molecule has 1 spiro atoms. The van der Waals surface area contributed by atoms with Crippen LogP contribution in [0.2, 0.25) is 0 Å². The lowest BCUT2D eigenvalue weighted by molar-refractivity contribution is -0.130. The van der Waals surface area contributed by atoms with Gasteiger partial charge in [0.05, 0.1) is 13.3 Å². The fourth-order valence-electron chi connectivity index (χ4n) is 5.39. The van der Waals surface area contributed by atoms with Gasteiger partial charge in [0.25, 0.3) is 0 Å². The molecule has 4 heterocycles. The molecule has 1 aromatic heterocycles. The molecule has 2 atom stereocenters. The van der Waals surface area contributed by atoms with E-state index in [1.54, 1.807) is 11.8 Å². The van der Waals surface area contributed by atoms with Gasteiger partial charge in [-0.1, -0.05) is 17.3 Å². The minimum absolute atomic E-state index is 0.224. The van der Waals surface area contributed by atoms with Crippen LogP contribution in [-0.2, 0) is 24.5 Å². The van der Waals surface area contributed by atoms with Gasteiger partial charge in [-0.15, -0.1) is 5.10 Å². The smallest absolute Gasteiger partial charge is 0.222 e. The highest BCUT2D eigenvalue weighted by molar-refractivity contribution is 5.76. The molecule has 1 amide bonds.